The molecule has 4 rings (SSSR count). The summed E-state index contributed by atoms with van der Waals surface area (Å²) in [5.74, 6) is -1.05. The third kappa shape index (κ3) is 4.22. The van der Waals surface area contributed by atoms with Gasteiger partial charge in [0.1, 0.15) is 0 Å². The topological polar surface area (TPSA) is 110 Å². The molecule has 3 aromatic rings. The molecule has 160 valence electrons. The molecule has 2 amide bonds. The Hall–Kier alpha value is -3.46. The van der Waals surface area contributed by atoms with Crippen molar-refractivity contribution in [3.05, 3.63) is 76.6 Å². The van der Waals surface area contributed by atoms with Gasteiger partial charge in [0, 0.05) is 23.1 Å². The van der Waals surface area contributed by atoms with Gasteiger partial charge in [0.15, 0.2) is 15.5 Å². The van der Waals surface area contributed by atoms with Crippen LogP contribution < -0.4 is 10.9 Å². The Kier molecular flexibility index (Phi) is 5.36. The fourth-order valence-electron chi connectivity index (χ4n) is 3.62. The van der Waals surface area contributed by atoms with Crippen molar-refractivity contribution in [3.8, 4) is 5.69 Å². The van der Waals surface area contributed by atoms with Crippen LogP contribution >= 0.6 is 0 Å². The van der Waals surface area contributed by atoms with Crippen molar-refractivity contribution in [1.29, 1.82) is 0 Å². The van der Waals surface area contributed by atoms with E-state index in [-0.39, 0.29) is 10.5 Å². The van der Waals surface area contributed by atoms with Gasteiger partial charge in [0.2, 0.25) is 0 Å². The van der Waals surface area contributed by atoms with Crippen LogP contribution in [-0.2, 0) is 22.7 Å². The molecule has 2 N–H and O–H groups in total. The van der Waals surface area contributed by atoms with Crippen molar-refractivity contribution in [3.63, 3.8) is 0 Å². The smallest absolute Gasteiger partial charge is 0.267 e. The predicted molar refractivity (Wildman–Crippen MR) is 115 cm³/mol. The molecule has 1 aliphatic carbocycles. The van der Waals surface area contributed by atoms with Crippen LogP contribution in [0.4, 0.5) is 0 Å². The van der Waals surface area contributed by atoms with Gasteiger partial charge < -0.3 is 0 Å². The average Bonchev–Trinajstić information content (AvgIpc) is 3.35. The number of fused-ring (bicyclic) bond motifs is 1. The number of aromatic nitrogens is 2. The Morgan fingerprint density at radius 2 is 1.58 bits per heavy atom. The van der Waals surface area contributed by atoms with E-state index in [0.29, 0.717) is 5.69 Å². The number of nitrogens with one attached hydrogen (secondary N) is 2. The van der Waals surface area contributed by atoms with Crippen LogP contribution in [0.3, 0.4) is 0 Å². The zero-order chi connectivity index (χ0) is 22.2. The predicted octanol–water partition coefficient (Wildman–Crippen LogP) is 2.15. The first kappa shape index (κ1) is 20.8. The van der Waals surface area contributed by atoms with E-state index in [4.69, 9.17) is 0 Å². The monoisotopic (exact) mass is 438 g/mol. The number of aryl methyl sites for hydroxylation is 1. The molecule has 2 aromatic carbocycles. The molecule has 0 saturated carbocycles. The van der Waals surface area contributed by atoms with Crippen molar-refractivity contribution in [2.45, 2.75) is 31.1 Å². The molecule has 8 nitrogen and oxygen atoms in total. The van der Waals surface area contributed by atoms with Gasteiger partial charge in [-0.1, -0.05) is 17.7 Å². The van der Waals surface area contributed by atoms with Gasteiger partial charge in [-0.3, -0.25) is 20.4 Å². The molecule has 0 unspecified atom stereocenters. The zero-order valence-corrected chi connectivity index (χ0v) is 18.0. The quantitative estimate of drug-likeness (QED) is 0.607. The number of amides is 2. The maximum absolute atomic E-state index is 12.7. The third-order valence-corrected chi connectivity index (χ3v) is 6.39. The molecule has 0 bridgehead atoms. The lowest BCUT2D eigenvalue weighted by molar-refractivity contribution is 0.0843. The highest BCUT2D eigenvalue weighted by atomic mass is 32.2. The van der Waals surface area contributed by atoms with Crippen molar-refractivity contribution in [1.82, 2.24) is 20.6 Å². The fourth-order valence-corrected chi connectivity index (χ4v) is 4.25. The minimum absolute atomic E-state index is 0.116. The van der Waals surface area contributed by atoms with E-state index in [2.05, 4.69) is 16.0 Å². The van der Waals surface area contributed by atoms with Gasteiger partial charge in [0.05, 0.1) is 10.6 Å². The second kappa shape index (κ2) is 7.99. The van der Waals surface area contributed by atoms with Crippen LogP contribution in [0.2, 0.25) is 0 Å². The Balaban J connectivity index is 1.50. The highest BCUT2D eigenvalue weighted by Gasteiger charge is 2.27. The van der Waals surface area contributed by atoms with Crippen LogP contribution in [0.1, 0.15) is 44.1 Å². The first-order chi connectivity index (χ1) is 14.7. The molecule has 0 spiro atoms. The van der Waals surface area contributed by atoms with Crippen LogP contribution in [0.15, 0.2) is 53.4 Å². The van der Waals surface area contributed by atoms with Crippen LogP contribution in [0.5, 0.6) is 0 Å². The normalized spacial score (nSPS) is 13.0. The standard InChI is InChI=1S/C22H22N4O4S/c1-14-6-10-16(11-7-14)26-19-5-3-4-18(19)20(25-26)22(28)24-23-21(27)15-8-12-17(13-9-15)31(2,29)30/h6-13H,3-5H2,1-2H3,(H,23,27)(H,24,28). The summed E-state index contributed by atoms with van der Waals surface area (Å²) in [6, 6.07) is 13.4. The first-order valence-electron chi connectivity index (χ1n) is 9.82. The Labute approximate surface area is 180 Å². The van der Waals surface area contributed by atoms with E-state index in [1.807, 2.05) is 31.2 Å². The molecular formula is C22H22N4O4S. The Morgan fingerprint density at radius 1 is 0.935 bits per heavy atom. The number of hydrazine groups is 1. The second-order valence-corrected chi connectivity index (χ2v) is 9.60. The summed E-state index contributed by atoms with van der Waals surface area (Å²) in [4.78, 5) is 25.2. The summed E-state index contributed by atoms with van der Waals surface area (Å²) in [7, 11) is -3.35. The number of sulfone groups is 1. The van der Waals surface area contributed by atoms with Crippen LogP contribution in [0.25, 0.3) is 5.69 Å². The molecular weight excluding hydrogens is 416 g/mol. The van der Waals surface area contributed by atoms with Crippen molar-refractivity contribution in [2.24, 2.45) is 0 Å². The van der Waals surface area contributed by atoms with Gasteiger partial charge in [-0.25, -0.2) is 13.1 Å². The van der Waals surface area contributed by atoms with Gasteiger partial charge in [0.25, 0.3) is 11.8 Å². The molecule has 0 radical (unpaired) electrons. The maximum atomic E-state index is 12.7. The number of carbonyl (C=O) groups is 2. The number of benzene rings is 2. The first-order valence-corrected chi connectivity index (χ1v) is 11.7. The van der Waals surface area contributed by atoms with E-state index < -0.39 is 21.7 Å². The minimum atomic E-state index is -3.35. The molecule has 0 atom stereocenters. The largest absolute Gasteiger partial charge is 0.290 e. The van der Waals surface area contributed by atoms with Crippen LogP contribution in [-0.4, -0.2) is 36.3 Å². The molecule has 1 aliphatic rings. The SMILES string of the molecule is Cc1ccc(-n2nc(C(=O)NNC(=O)c3ccc(S(C)(=O)=O)cc3)c3c2CCC3)cc1. The van der Waals surface area contributed by atoms with Crippen molar-refractivity contribution < 1.29 is 18.0 Å². The van der Waals surface area contributed by atoms with Crippen molar-refractivity contribution >= 4 is 21.7 Å². The minimum Gasteiger partial charge on any atom is -0.267 e. The Bertz CT molecular complexity index is 1260. The molecule has 31 heavy (non-hydrogen) atoms. The summed E-state index contributed by atoms with van der Waals surface area (Å²) < 4.78 is 24.9. The number of hydrogen-bond acceptors (Lipinski definition) is 5. The van der Waals surface area contributed by atoms with E-state index in [1.54, 1.807) is 4.68 Å². The number of carbonyl (C=O) groups excluding carboxylic acids is 2. The van der Waals surface area contributed by atoms with E-state index in [1.165, 1.54) is 24.3 Å². The van der Waals surface area contributed by atoms with Gasteiger partial charge >= 0.3 is 0 Å². The lowest BCUT2D eigenvalue weighted by Crippen LogP contribution is -2.42. The van der Waals surface area contributed by atoms with Gasteiger partial charge in [-0.05, 0) is 62.6 Å². The molecule has 1 aromatic heterocycles. The van der Waals surface area contributed by atoms with Crippen molar-refractivity contribution in [2.75, 3.05) is 6.26 Å². The van der Waals surface area contributed by atoms with Crippen LogP contribution in [0, 0.1) is 6.92 Å². The summed E-state index contributed by atoms with van der Waals surface area (Å²) in [5, 5.41) is 4.51. The van der Waals surface area contributed by atoms with Gasteiger partial charge in [-0.15, -0.1) is 0 Å². The van der Waals surface area contributed by atoms with Gasteiger partial charge in [-0.2, -0.15) is 5.10 Å². The summed E-state index contributed by atoms with van der Waals surface area (Å²) >= 11 is 0. The van der Waals surface area contributed by atoms with E-state index in [9.17, 15) is 18.0 Å². The molecule has 0 fully saturated rings. The molecule has 0 aliphatic heterocycles. The van der Waals surface area contributed by atoms with E-state index >= 15 is 0 Å². The summed E-state index contributed by atoms with van der Waals surface area (Å²) in [6.45, 7) is 2.01. The summed E-state index contributed by atoms with van der Waals surface area (Å²) in [5.41, 5.74) is 9.22. The highest BCUT2D eigenvalue weighted by Crippen LogP contribution is 2.27. The second-order valence-electron chi connectivity index (χ2n) is 7.58. The zero-order valence-electron chi connectivity index (χ0n) is 17.2. The molecule has 9 heteroatoms. The molecule has 1 heterocycles. The van der Waals surface area contributed by atoms with E-state index in [0.717, 1.165) is 48.0 Å². The molecule has 0 saturated heterocycles. The Morgan fingerprint density at radius 3 is 2.23 bits per heavy atom. The lowest BCUT2D eigenvalue weighted by atomic mass is 10.2. The lowest BCUT2D eigenvalue weighted by Gasteiger charge is -2.08. The number of rotatable bonds is 4. The fraction of sp³-hybridized carbons (Fsp3) is 0.227. The highest BCUT2D eigenvalue weighted by molar-refractivity contribution is 7.90. The number of hydrogen-bond donors (Lipinski definition) is 2. The summed E-state index contributed by atoms with van der Waals surface area (Å²) in [6.07, 6.45) is 3.63. The third-order valence-electron chi connectivity index (χ3n) is 5.26. The average molecular weight is 439 g/mol. The number of nitrogens with zero attached hydrogens (tertiary/aromatic N) is 2. The maximum Gasteiger partial charge on any atom is 0.290 e.